The first kappa shape index (κ1) is 15.9. The number of nitrogens with one attached hydrogen (secondary N) is 1. The molecule has 0 aliphatic heterocycles. The number of halogens is 1. The lowest BCUT2D eigenvalue weighted by Crippen LogP contribution is -2.12. The minimum absolute atomic E-state index is 0.155. The van der Waals surface area contributed by atoms with Crippen LogP contribution in [0.15, 0.2) is 65.5 Å². The maximum atomic E-state index is 12.3. The van der Waals surface area contributed by atoms with Crippen LogP contribution in [0.3, 0.4) is 0 Å². The van der Waals surface area contributed by atoms with Crippen LogP contribution in [0.5, 0.6) is 5.75 Å². The average Bonchev–Trinajstić information content (AvgIpc) is 3.07. The molecule has 0 bridgehead atoms. The second-order valence-electron chi connectivity index (χ2n) is 5.45. The van der Waals surface area contributed by atoms with Crippen LogP contribution in [-0.2, 0) is 6.61 Å². The second kappa shape index (κ2) is 6.70. The van der Waals surface area contributed by atoms with E-state index in [1.807, 2.05) is 36.4 Å². The second-order valence-corrected chi connectivity index (χ2v) is 6.92. The summed E-state index contributed by atoms with van der Waals surface area (Å²) in [6.45, 7) is 0.186. The summed E-state index contributed by atoms with van der Waals surface area (Å²) in [5, 5.41) is 1.24. The zero-order chi connectivity index (χ0) is 17.2. The van der Waals surface area contributed by atoms with Gasteiger partial charge in [0.15, 0.2) is 0 Å². The van der Waals surface area contributed by atoms with Crippen molar-refractivity contribution in [2.75, 3.05) is 0 Å². The normalized spacial score (nSPS) is 10.9. The van der Waals surface area contributed by atoms with Crippen molar-refractivity contribution in [3.8, 4) is 16.2 Å². The lowest BCUT2D eigenvalue weighted by molar-refractivity contribution is 0.296. The van der Waals surface area contributed by atoms with Gasteiger partial charge in [-0.1, -0.05) is 41.9 Å². The number of aromatic amines is 1. The molecule has 4 aromatic rings. The monoisotopic (exact) mass is 368 g/mol. The molecule has 124 valence electrons. The van der Waals surface area contributed by atoms with E-state index >= 15 is 0 Å². The van der Waals surface area contributed by atoms with Gasteiger partial charge in [0.2, 0.25) is 0 Å². The van der Waals surface area contributed by atoms with Gasteiger partial charge in [-0.3, -0.25) is 4.79 Å². The summed E-state index contributed by atoms with van der Waals surface area (Å²) in [5.74, 6) is 1.16. The molecule has 4 nitrogen and oxygen atoms in total. The van der Waals surface area contributed by atoms with Crippen LogP contribution < -0.4 is 10.3 Å². The van der Waals surface area contributed by atoms with Gasteiger partial charge in [0, 0.05) is 9.90 Å². The van der Waals surface area contributed by atoms with Gasteiger partial charge in [-0.05, 0) is 35.9 Å². The highest BCUT2D eigenvalue weighted by atomic mass is 35.5. The lowest BCUT2D eigenvalue weighted by atomic mass is 10.2. The number of ether oxygens (including phenoxy) is 1. The van der Waals surface area contributed by atoms with Gasteiger partial charge in [0.25, 0.3) is 5.56 Å². The van der Waals surface area contributed by atoms with Crippen molar-refractivity contribution in [2.24, 2.45) is 0 Å². The Morgan fingerprint density at radius 2 is 1.84 bits per heavy atom. The Hall–Kier alpha value is -2.63. The standard InChI is InChI=1S/C19H13ClN2O2S/c20-13-6-8-14(9-7-13)24-11-17-21-18(23)15-10-16(25-19(15)22-17)12-4-2-1-3-5-12/h1-10H,11H2,(H,21,22,23). The third kappa shape index (κ3) is 3.43. The summed E-state index contributed by atoms with van der Waals surface area (Å²) in [6.07, 6.45) is 0. The van der Waals surface area contributed by atoms with Crippen molar-refractivity contribution in [3.05, 3.63) is 81.9 Å². The highest BCUT2D eigenvalue weighted by Crippen LogP contribution is 2.30. The van der Waals surface area contributed by atoms with E-state index in [9.17, 15) is 4.79 Å². The maximum absolute atomic E-state index is 12.3. The Bertz CT molecular complexity index is 1070. The van der Waals surface area contributed by atoms with Crippen molar-refractivity contribution in [3.63, 3.8) is 0 Å². The van der Waals surface area contributed by atoms with Crippen LogP contribution in [0.25, 0.3) is 20.7 Å². The Kier molecular flexibility index (Phi) is 4.26. The first-order chi connectivity index (χ1) is 12.2. The van der Waals surface area contributed by atoms with E-state index in [1.165, 1.54) is 11.3 Å². The van der Waals surface area contributed by atoms with Gasteiger partial charge in [-0.25, -0.2) is 4.98 Å². The summed E-state index contributed by atoms with van der Waals surface area (Å²) in [5.41, 5.74) is 0.919. The molecule has 0 saturated carbocycles. The van der Waals surface area contributed by atoms with E-state index in [4.69, 9.17) is 16.3 Å². The van der Waals surface area contributed by atoms with Crippen LogP contribution in [0, 0.1) is 0 Å². The first-order valence-electron chi connectivity index (χ1n) is 7.65. The molecule has 0 radical (unpaired) electrons. The van der Waals surface area contributed by atoms with Crippen molar-refractivity contribution in [2.45, 2.75) is 6.61 Å². The minimum Gasteiger partial charge on any atom is -0.486 e. The molecule has 2 heterocycles. The molecule has 6 heteroatoms. The molecule has 0 aliphatic rings. The zero-order valence-electron chi connectivity index (χ0n) is 13.0. The predicted octanol–water partition coefficient (Wildman–Crippen LogP) is 4.88. The predicted molar refractivity (Wildman–Crippen MR) is 101 cm³/mol. The molecule has 2 aromatic carbocycles. The van der Waals surface area contributed by atoms with E-state index in [-0.39, 0.29) is 12.2 Å². The molecule has 1 N–H and O–H groups in total. The zero-order valence-corrected chi connectivity index (χ0v) is 14.6. The van der Waals surface area contributed by atoms with Crippen molar-refractivity contribution in [1.29, 1.82) is 0 Å². The average molecular weight is 369 g/mol. The SMILES string of the molecule is O=c1[nH]c(COc2ccc(Cl)cc2)nc2sc(-c3ccccc3)cc12. The maximum Gasteiger partial charge on any atom is 0.259 e. The minimum atomic E-state index is -0.155. The topological polar surface area (TPSA) is 55.0 Å². The Balaban J connectivity index is 1.62. The quantitative estimate of drug-likeness (QED) is 0.558. The Labute approximate surface area is 152 Å². The number of hydrogen-bond acceptors (Lipinski definition) is 4. The lowest BCUT2D eigenvalue weighted by Gasteiger charge is -2.05. The molecule has 25 heavy (non-hydrogen) atoms. The van der Waals surface area contributed by atoms with E-state index in [2.05, 4.69) is 9.97 Å². The van der Waals surface area contributed by atoms with Gasteiger partial charge in [-0.15, -0.1) is 11.3 Å². The summed E-state index contributed by atoms with van der Waals surface area (Å²) >= 11 is 7.35. The smallest absolute Gasteiger partial charge is 0.259 e. The summed E-state index contributed by atoms with van der Waals surface area (Å²) in [7, 11) is 0. The number of hydrogen-bond donors (Lipinski definition) is 1. The third-order valence-electron chi connectivity index (χ3n) is 3.70. The van der Waals surface area contributed by atoms with E-state index in [0.29, 0.717) is 26.8 Å². The van der Waals surface area contributed by atoms with Crippen LogP contribution >= 0.6 is 22.9 Å². The molecule has 0 unspecified atom stereocenters. The largest absolute Gasteiger partial charge is 0.486 e. The van der Waals surface area contributed by atoms with E-state index in [0.717, 1.165) is 10.4 Å². The fraction of sp³-hybridized carbons (Fsp3) is 0.0526. The summed E-state index contributed by atoms with van der Waals surface area (Å²) < 4.78 is 5.66. The van der Waals surface area contributed by atoms with Gasteiger partial charge >= 0.3 is 0 Å². The van der Waals surface area contributed by atoms with Gasteiger partial charge in [0.1, 0.15) is 23.0 Å². The highest BCUT2D eigenvalue weighted by molar-refractivity contribution is 7.21. The molecule has 0 spiro atoms. The molecule has 0 saturated heterocycles. The Morgan fingerprint density at radius 1 is 1.08 bits per heavy atom. The molecular formula is C19H13ClN2O2S. The van der Waals surface area contributed by atoms with Gasteiger partial charge < -0.3 is 9.72 Å². The Morgan fingerprint density at radius 3 is 2.60 bits per heavy atom. The van der Waals surface area contributed by atoms with Crippen molar-refractivity contribution >= 4 is 33.2 Å². The molecule has 0 amide bonds. The molecule has 2 aromatic heterocycles. The third-order valence-corrected chi connectivity index (χ3v) is 5.03. The van der Waals surface area contributed by atoms with Crippen molar-refractivity contribution < 1.29 is 4.74 Å². The summed E-state index contributed by atoms with van der Waals surface area (Å²) in [6, 6.07) is 18.9. The molecule has 0 atom stereocenters. The van der Waals surface area contributed by atoms with Crippen LogP contribution in [0.2, 0.25) is 5.02 Å². The van der Waals surface area contributed by atoms with Crippen LogP contribution in [0.1, 0.15) is 5.82 Å². The molecule has 4 rings (SSSR count). The fourth-order valence-corrected chi connectivity index (χ4v) is 3.65. The number of nitrogens with zero attached hydrogens (tertiary/aromatic N) is 1. The number of rotatable bonds is 4. The number of fused-ring (bicyclic) bond motifs is 1. The van der Waals surface area contributed by atoms with Crippen LogP contribution in [0.4, 0.5) is 0 Å². The molecule has 0 aliphatic carbocycles. The highest BCUT2D eigenvalue weighted by Gasteiger charge is 2.10. The van der Waals surface area contributed by atoms with Gasteiger partial charge in [0.05, 0.1) is 5.39 Å². The van der Waals surface area contributed by atoms with Gasteiger partial charge in [-0.2, -0.15) is 0 Å². The number of aromatic nitrogens is 2. The number of H-pyrrole nitrogens is 1. The number of thiophene rings is 1. The summed E-state index contributed by atoms with van der Waals surface area (Å²) in [4.78, 5) is 21.4. The van der Waals surface area contributed by atoms with Crippen LogP contribution in [-0.4, -0.2) is 9.97 Å². The molecular weight excluding hydrogens is 356 g/mol. The van der Waals surface area contributed by atoms with E-state index < -0.39 is 0 Å². The fourth-order valence-electron chi connectivity index (χ4n) is 2.47. The van der Waals surface area contributed by atoms with Crippen molar-refractivity contribution in [1.82, 2.24) is 9.97 Å². The molecule has 0 fully saturated rings. The number of benzene rings is 2. The first-order valence-corrected chi connectivity index (χ1v) is 8.85. The van der Waals surface area contributed by atoms with E-state index in [1.54, 1.807) is 24.3 Å².